The molecule has 0 spiro atoms. The molecule has 0 amide bonds. The van der Waals surface area contributed by atoms with Crippen LogP contribution in [0.1, 0.15) is 46.6 Å². The van der Waals surface area contributed by atoms with Crippen LogP contribution in [0.5, 0.6) is 17.2 Å². The monoisotopic (exact) mass is 542 g/mol. The van der Waals surface area contributed by atoms with Gasteiger partial charge in [0.15, 0.2) is 6.29 Å². The van der Waals surface area contributed by atoms with Crippen LogP contribution in [-0.2, 0) is 38.5 Å². The maximum atomic E-state index is 11.7. The molecule has 4 atom stereocenters. The number of rotatable bonds is 8. The largest absolute Gasteiger partial charge is 0.492 e. The lowest BCUT2D eigenvalue weighted by molar-refractivity contribution is -0.141. The van der Waals surface area contributed by atoms with Crippen molar-refractivity contribution in [1.82, 2.24) is 0 Å². The molecule has 1 aliphatic carbocycles. The van der Waals surface area contributed by atoms with Crippen molar-refractivity contribution >= 4 is 5.97 Å². The van der Waals surface area contributed by atoms with E-state index in [2.05, 4.69) is 37.3 Å². The molecule has 2 saturated heterocycles. The number of hydrogen-bond donors (Lipinski definition) is 0. The maximum absolute atomic E-state index is 11.7. The third-order valence-corrected chi connectivity index (χ3v) is 8.72. The predicted octanol–water partition coefficient (Wildman–Crippen LogP) is 5.52. The Morgan fingerprint density at radius 3 is 2.77 bits per heavy atom. The Balaban J connectivity index is 1.06. The molecule has 0 saturated carbocycles. The zero-order valence-corrected chi connectivity index (χ0v) is 22.9. The normalized spacial score (nSPS) is 23.9. The van der Waals surface area contributed by atoms with Gasteiger partial charge in [0.25, 0.3) is 0 Å². The molecule has 1 unspecified atom stereocenters. The molecule has 3 aromatic carbocycles. The van der Waals surface area contributed by atoms with Crippen molar-refractivity contribution in [3.63, 3.8) is 0 Å². The molecular weight excluding hydrogens is 508 g/mol. The summed E-state index contributed by atoms with van der Waals surface area (Å²) in [6, 6.07) is 16.7. The second kappa shape index (κ2) is 10.5. The molecular formula is C33H34O7. The molecule has 7 heteroatoms. The van der Waals surface area contributed by atoms with Gasteiger partial charge in [-0.25, -0.2) is 0 Å². The zero-order valence-electron chi connectivity index (χ0n) is 22.9. The molecule has 4 aliphatic rings. The number of carbonyl (C=O) groups is 1. The van der Waals surface area contributed by atoms with E-state index in [1.807, 2.05) is 18.2 Å². The topological polar surface area (TPSA) is 72.5 Å². The highest BCUT2D eigenvalue weighted by molar-refractivity contribution is 5.76. The van der Waals surface area contributed by atoms with E-state index in [1.165, 1.54) is 34.9 Å². The van der Waals surface area contributed by atoms with Gasteiger partial charge in [-0.05, 0) is 77.8 Å². The van der Waals surface area contributed by atoms with Crippen molar-refractivity contribution in [2.75, 3.05) is 26.9 Å². The van der Waals surface area contributed by atoms with Gasteiger partial charge in [0.1, 0.15) is 30.0 Å². The van der Waals surface area contributed by atoms with Gasteiger partial charge in [-0.3, -0.25) is 4.79 Å². The van der Waals surface area contributed by atoms with Crippen molar-refractivity contribution in [2.24, 2.45) is 5.92 Å². The smallest absolute Gasteiger partial charge is 0.306 e. The number of hydrogen-bond acceptors (Lipinski definition) is 7. The molecule has 0 bridgehead atoms. The quantitative estimate of drug-likeness (QED) is 0.347. The Hall–Kier alpha value is -3.55. The van der Waals surface area contributed by atoms with Crippen LogP contribution in [0.2, 0.25) is 0 Å². The molecule has 208 valence electrons. The van der Waals surface area contributed by atoms with Crippen LogP contribution in [0, 0.1) is 12.8 Å². The lowest BCUT2D eigenvalue weighted by atomic mass is 9.79. The summed E-state index contributed by atoms with van der Waals surface area (Å²) in [4.78, 5) is 11.7. The fourth-order valence-electron chi connectivity index (χ4n) is 6.52. The molecule has 7 nitrogen and oxygen atoms in total. The molecule has 0 radical (unpaired) electrons. The van der Waals surface area contributed by atoms with Crippen LogP contribution >= 0.6 is 0 Å². The van der Waals surface area contributed by atoms with E-state index in [9.17, 15) is 4.79 Å². The van der Waals surface area contributed by atoms with Crippen LogP contribution in [-0.4, -0.2) is 45.3 Å². The summed E-state index contributed by atoms with van der Waals surface area (Å²) in [6.07, 6.45) is 3.38. The lowest BCUT2D eigenvalue weighted by Gasteiger charge is -2.30. The first-order valence-electron chi connectivity index (χ1n) is 14.2. The van der Waals surface area contributed by atoms with E-state index < -0.39 is 0 Å². The number of methoxy groups -OCH3 is 1. The average molecular weight is 543 g/mol. The van der Waals surface area contributed by atoms with Crippen molar-refractivity contribution in [3.8, 4) is 28.4 Å². The SMILES string of the molecule is COC(=O)C[C@@H]1COc2cc(OCc3cccc(-c4c(C)cc(OC5CO[C@H]6OCC[C@@H]56)c5c4CC5)c3)ccc21. The summed E-state index contributed by atoms with van der Waals surface area (Å²) in [5.41, 5.74) is 8.59. The first-order valence-corrected chi connectivity index (χ1v) is 14.2. The van der Waals surface area contributed by atoms with Gasteiger partial charge in [-0.1, -0.05) is 24.3 Å². The average Bonchev–Trinajstić information content (AvgIpc) is 3.67. The van der Waals surface area contributed by atoms with E-state index >= 15 is 0 Å². The van der Waals surface area contributed by atoms with Crippen molar-refractivity contribution in [3.05, 3.63) is 76.3 Å². The summed E-state index contributed by atoms with van der Waals surface area (Å²) in [5.74, 6) is 2.65. The Kier molecular flexibility index (Phi) is 6.64. The van der Waals surface area contributed by atoms with Crippen molar-refractivity contribution in [2.45, 2.75) is 57.5 Å². The van der Waals surface area contributed by atoms with Gasteiger partial charge in [0.2, 0.25) is 0 Å². The minimum atomic E-state index is -0.227. The third-order valence-electron chi connectivity index (χ3n) is 8.72. The van der Waals surface area contributed by atoms with Crippen molar-refractivity contribution < 1.29 is 33.2 Å². The Morgan fingerprint density at radius 1 is 1.02 bits per heavy atom. The first kappa shape index (κ1) is 25.4. The summed E-state index contributed by atoms with van der Waals surface area (Å²) in [6.45, 7) is 4.45. The van der Waals surface area contributed by atoms with E-state index in [0.717, 1.165) is 54.2 Å². The van der Waals surface area contributed by atoms with Gasteiger partial charge >= 0.3 is 5.97 Å². The molecule has 2 fully saturated rings. The van der Waals surface area contributed by atoms with Gasteiger partial charge in [0.05, 0.1) is 39.3 Å². The van der Waals surface area contributed by atoms with E-state index in [0.29, 0.717) is 32.2 Å². The second-order valence-electron chi connectivity index (χ2n) is 11.2. The molecule has 3 heterocycles. The summed E-state index contributed by atoms with van der Waals surface area (Å²) in [5, 5.41) is 0. The van der Waals surface area contributed by atoms with Crippen LogP contribution in [0.3, 0.4) is 0 Å². The molecule has 0 aromatic heterocycles. The highest BCUT2D eigenvalue weighted by Crippen LogP contribution is 2.44. The molecule has 0 N–H and O–H groups in total. The third kappa shape index (κ3) is 4.61. The number of benzene rings is 3. The van der Waals surface area contributed by atoms with Gasteiger partial charge in [-0.15, -0.1) is 0 Å². The summed E-state index contributed by atoms with van der Waals surface area (Å²) in [7, 11) is 1.41. The Bertz CT molecular complexity index is 1450. The summed E-state index contributed by atoms with van der Waals surface area (Å²) >= 11 is 0. The van der Waals surface area contributed by atoms with E-state index in [-0.39, 0.29) is 24.3 Å². The number of ether oxygens (including phenoxy) is 6. The number of esters is 1. The molecule has 3 aliphatic heterocycles. The predicted molar refractivity (Wildman–Crippen MR) is 148 cm³/mol. The zero-order chi connectivity index (χ0) is 27.2. The fraction of sp³-hybridized carbons (Fsp3) is 0.424. The molecule has 40 heavy (non-hydrogen) atoms. The minimum Gasteiger partial charge on any atom is -0.492 e. The maximum Gasteiger partial charge on any atom is 0.306 e. The molecule has 3 aromatic rings. The lowest BCUT2D eigenvalue weighted by Crippen LogP contribution is -2.27. The second-order valence-corrected chi connectivity index (χ2v) is 11.2. The van der Waals surface area contributed by atoms with Crippen LogP contribution < -0.4 is 14.2 Å². The Morgan fingerprint density at radius 2 is 1.93 bits per heavy atom. The number of fused-ring (bicyclic) bond motifs is 3. The van der Waals surface area contributed by atoms with E-state index in [1.54, 1.807) is 0 Å². The number of carbonyl (C=O) groups excluding carboxylic acids is 1. The van der Waals surface area contributed by atoms with E-state index in [4.69, 9.17) is 28.4 Å². The first-order chi connectivity index (χ1) is 19.6. The highest BCUT2D eigenvalue weighted by atomic mass is 16.7. The van der Waals surface area contributed by atoms with Gasteiger partial charge < -0.3 is 28.4 Å². The highest BCUT2D eigenvalue weighted by Gasteiger charge is 2.43. The Labute approximate surface area is 234 Å². The van der Waals surface area contributed by atoms with Gasteiger partial charge in [0, 0.05) is 17.5 Å². The summed E-state index contributed by atoms with van der Waals surface area (Å²) < 4.78 is 34.8. The van der Waals surface area contributed by atoms with Crippen LogP contribution in [0.15, 0.2) is 48.5 Å². The van der Waals surface area contributed by atoms with Crippen LogP contribution in [0.4, 0.5) is 0 Å². The van der Waals surface area contributed by atoms with Crippen LogP contribution in [0.25, 0.3) is 11.1 Å². The molecule has 7 rings (SSSR count). The fourth-order valence-corrected chi connectivity index (χ4v) is 6.52. The van der Waals surface area contributed by atoms with Crippen molar-refractivity contribution in [1.29, 1.82) is 0 Å². The standard InChI is InChI=1S/C33H34O7/c1-19-12-29(40-30-18-39-33-27(30)10-11-36-33)25-8-9-26(25)32(19)21-5-3-4-20(13-21)16-37-23-6-7-24-22(14-31(34)35-2)17-38-28(24)15-23/h3-7,12-13,15,22,27,30,33H,8-11,14,16-18H2,1-2H3/t22-,27+,30?,33-/m1/s1. The number of aryl methyl sites for hydroxylation is 1. The van der Waals surface area contributed by atoms with Gasteiger partial charge in [-0.2, -0.15) is 0 Å². The minimum absolute atomic E-state index is 0.0194.